The lowest BCUT2D eigenvalue weighted by Gasteiger charge is -2.57. The van der Waals surface area contributed by atoms with Gasteiger partial charge < -0.3 is 5.32 Å². The van der Waals surface area contributed by atoms with Crippen LogP contribution in [0.4, 0.5) is 0 Å². The summed E-state index contributed by atoms with van der Waals surface area (Å²) in [6.45, 7) is 2.05. The van der Waals surface area contributed by atoms with Crippen molar-refractivity contribution in [2.45, 2.75) is 57.0 Å². The molecule has 0 radical (unpaired) electrons. The summed E-state index contributed by atoms with van der Waals surface area (Å²) in [5.41, 5.74) is 1.10. The van der Waals surface area contributed by atoms with Gasteiger partial charge in [-0.15, -0.1) is 0 Å². The molecule has 1 unspecified atom stereocenters. The van der Waals surface area contributed by atoms with Gasteiger partial charge in [0.05, 0.1) is 6.04 Å². The van der Waals surface area contributed by atoms with Crippen molar-refractivity contribution < 1.29 is 4.79 Å². The van der Waals surface area contributed by atoms with E-state index in [1.165, 1.54) is 38.5 Å². The monoisotopic (exact) mass is 283 g/mol. The lowest BCUT2D eigenvalue weighted by atomic mass is 9.53. The van der Waals surface area contributed by atoms with E-state index in [-0.39, 0.29) is 17.4 Å². The fourth-order valence-corrected chi connectivity index (χ4v) is 5.66. The summed E-state index contributed by atoms with van der Waals surface area (Å²) in [7, 11) is 0. The highest BCUT2D eigenvalue weighted by Gasteiger charge is 2.51. The Morgan fingerprint density at radius 1 is 1.05 bits per heavy atom. The Morgan fingerprint density at radius 2 is 1.57 bits per heavy atom. The molecule has 112 valence electrons. The number of carbonyl (C=O) groups excluding carboxylic acids is 1. The van der Waals surface area contributed by atoms with E-state index in [4.69, 9.17) is 0 Å². The summed E-state index contributed by atoms with van der Waals surface area (Å²) in [5, 5.41) is 3.77. The number of rotatable bonds is 4. The van der Waals surface area contributed by atoms with Gasteiger partial charge >= 0.3 is 0 Å². The van der Waals surface area contributed by atoms with Crippen LogP contribution in [0.2, 0.25) is 0 Å². The minimum Gasteiger partial charge on any atom is -0.302 e. The van der Waals surface area contributed by atoms with Crippen LogP contribution >= 0.6 is 0 Å². The predicted octanol–water partition coefficient (Wildman–Crippen LogP) is 3.82. The van der Waals surface area contributed by atoms with Crippen LogP contribution < -0.4 is 5.32 Å². The molecule has 4 aliphatic carbocycles. The molecule has 4 fully saturated rings. The number of hydrogen-bond acceptors (Lipinski definition) is 2. The quantitative estimate of drug-likeness (QED) is 0.851. The Morgan fingerprint density at radius 3 is 2.10 bits per heavy atom. The Balaban J connectivity index is 1.49. The van der Waals surface area contributed by atoms with E-state index in [9.17, 15) is 4.79 Å². The van der Waals surface area contributed by atoms with Crippen molar-refractivity contribution in [1.29, 1.82) is 0 Å². The first-order chi connectivity index (χ1) is 10.1. The second-order valence-electron chi connectivity index (χ2n) is 7.79. The average molecular weight is 283 g/mol. The van der Waals surface area contributed by atoms with Crippen LogP contribution in [-0.2, 0) is 0 Å². The molecule has 0 saturated heterocycles. The van der Waals surface area contributed by atoms with Gasteiger partial charge in [0.15, 0.2) is 5.78 Å². The first-order valence-electron chi connectivity index (χ1n) is 8.50. The molecule has 0 heterocycles. The van der Waals surface area contributed by atoms with Crippen LogP contribution in [-0.4, -0.2) is 17.4 Å². The van der Waals surface area contributed by atoms with E-state index in [0.717, 1.165) is 23.3 Å². The van der Waals surface area contributed by atoms with Crippen molar-refractivity contribution in [1.82, 2.24) is 5.32 Å². The number of carbonyl (C=O) groups is 1. The molecule has 4 saturated carbocycles. The molecule has 1 atom stereocenters. The highest BCUT2D eigenvalue weighted by atomic mass is 16.1. The first kappa shape index (κ1) is 13.5. The maximum absolute atomic E-state index is 12.6. The number of hydrogen-bond donors (Lipinski definition) is 1. The molecule has 1 N–H and O–H groups in total. The third kappa shape index (κ3) is 2.44. The number of ketones is 1. The van der Waals surface area contributed by atoms with Crippen LogP contribution in [0, 0.1) is 17.8 Å². The van der Waals surface area contributed by atoms with E-state index in [1.54, 1.807) is 0 Å². The zero-order valence-electron chi connectivity index (χ0n) is 12.8. The lowest BCUT2D eigenvalue weighted by Crippen LogP contribution is -2.61. The third-order valence-electron chi connectivity index (χ3n) is 6.01. The molecular weight excluding hydrogens is 258 g/mol. The van der Waals surface area contributed by atoms with E-state index >= 15 is 0 Å². The van der Waals surface area contributed by atoms with Crippen molar-refractivity contribution in [2.75, 3.05) is 0 Å². The van der Waals surface area contributed by atoms with Crippen molar-refractivity contribution in [3.63, 3.8) is 0 Å². The fraction of sp³-hybridized carbons (Fsp3) is 0.632. The minimum atomic E-state index is -0.0661. The topological polar surface area (TPSA) is 29.1 Å². The zero-order valence-corrected chi connectivity index (χ0v) is 12.8. The molecule has 5 rings (SSSR count). The molecule has 0 aliphatic heterocycles. The maximum atomic E-state index is 12.6. The standard InChI is InChI=1S/C19H25NO/c1-13(18(21)17-5-3-2-4-6-17)20-19-10-14-7-15(11-19)9-16(8-14)12-19/h2-6,13-16,20H,7-12H2,1H3. The first-order valence-corrected chi connectivity index (χ1v) is 8.50. The second kappa shape index (κ2) is 4.95. The van der Waals surface area contributed by atoms with Gasteiger partial charge in [0.2, 0.25) is 0 Å². The molecule has 1 aromatic carbocycles. The van der Waals surface area contributed by atoms with Gasteiger partial charge in [0, 0.05) is 11.1 Å². The largest absolute Gasteiger partial charge is 0.302 e. The average Bonchev–Trinajstić information content (AvgIpc) is 2.45. The summed E-state index contributed by atoms with van der Waals surface area (Å²) in [6.07, 6.45) is 8.23. The Hall–Kier alpha value is -1.15. The predicted molar refractivity (Wildman–Crippen MR) is 84.3 cm³/mol. The Bertz CT molecular complexity index is 500. The van der Waals surface area contributed by atoms with E-state index < -0.39 is 0 Å². The van der Waals surface area contributed by atoms with Gasteiger partial charge in [0.1, 0.15) is 0 Å². The third-order valence-corrected chi connectivity index (χ3v) is 6.01. The van der Waals surface area contributed by atoms with E-state index in [1.807, 2.05) is 37.3 Å². The van der Waals surface area contributed by atoms with Gasteiger partial charge in [0.25, 0.3) is 0 Å². The summed E-state index contributed by atoms with van der Waals surface area (Å²) in [5.74, 6) is 3.00. The zero-order chi connectivity index (χ0) is 14.4. The van der Waals surface area contributed by atoms with Crippen LogP contribution in [0.1, 0.15) is 55.8 Å². The molecule has 1 aromatic rings. The number of Topliss-reactive ketones (excluding diaryl/α,β-unsaturated/α-hetero) is 1. The van der Waals surface area contributed by atoms with Crippen LogP contribution in [0.25, 0.3) is 0 Å². The Labute approximate surface area is 127 Å². The van der Waals surface area contributed by atoms with Crippen molar-refractivity contribution in [3.05, 3.63) is 35.9 Å². The normalized spacial score (nSPS) is 38.4. The SMILES string of the molecule is CC(NC12CC3CC(CC(C3)C1)C2)C(=O)c1ccccc1. The summed E-state index contributed by atoms with van der Waals surface area (Å²) in [4.78, 5) is 12.6. The second-order valence-corrected chi connectivity index (χ2v) is 7.79. The summed E-state index contributed by atoms with van der Waals surface area (Å²) >= 11 is 0. The van der Waals surface area contributed by atoms with Crippen LogP contribution in [0.15, 0.2) is 30.3 Å². The van der Waals surface area contributed by atoms with Gasteiger partial charge in [-0.2, -0.15) is 0 Å². The minimum absolute atomic E-state index is 0.0661. The van der Waals surface area contributed by atoms with Crippen LogP contribution in [0.3, 0.4) is 0 Å². The summed E-state index contributed by atoms with van der Waals surface area (Å²) < 4.78 is 0. The molecule has 0 aromatic heterocycles. The summed E-state index contributed by atoms with van der Waals surface area (Å²) in [6, 6.07) is 9.66. The molecule has 0 spiro atoms. The maximum Gasteiger partial charge on any atom is 0.179 e. The molecule has 4 bridgehead atoms. The lowest BCUT2D eigenvalue weighted by molar-refractivity contribution is -0.0231. The molecule has 2 heteroatoms. The highest BCUT2D eigenvalue weighted by molar-refractivity contribution is 5.99. The number of nitrogens with one attached hydrogen (secondary N) is 1. The molecule has 2 nitrogen and oxygen atoms in total. The van der Waals surface area contributed by atoms with Crippen molar-refractivity contribution >= 4 is 5.78 Å². The van der Waals surface area contributed by atoms with Gasteiger partial charge in [-0.3, -0.25) is 4.79 Å². The molecule has 4 aliphatic rings. The Kier molecular flexibility index (Phi) is 3.18. The molecule has 21 heavy (non-hydrogen) atoms. The highest BCUT2D eigenvalue weighted by Crippen LogP contribution is 2.55. The van der Waals surface area contributed by atoms with E-state index in [2.05, 4.69) is 5.32 Å². The van der Waals surface area contributed by atoms with E-state index in [0.29, 0.717) is 0 Å². The molecular formula is C19H25NO. The van der Waals surface area contributed by atoms with Crippen LogP contribution in [0.5, 0.6) is 0 Å². The van der Waals surface area contributed by atoms with Gasteiger partial charge in [-0.1, -0.05) is 30.3 Å². The number of benzene rings is 1. The van der Waals surface area contributed by atoms with Gasteiger partial charge in [-0.25, -0.2) is 0 Å². The fourth-order valence-electron chi connectivity index (χ4n) is 5.66. The molecule has 0 amide bonds. The smallest absolute Gasteiger partial charge is 0.179 e. The van der Waals surface area contributed by atoms with Crippen molar-refractivity contribution in [3.8, 4) is 0 Å². The van der Waals surface area contributed by atoms with Gasteiger partial charge in [-0.05, 0) is 63.2 Å². The van der Waals surface area contributed by atoms with Crippen molar-refractivity contribution in [2.24, 2.45) is 17.8 Å².